The lowest BCUT2D eigenvalue weighted by Gasteiger charge is -1.97. The fraction of sp³-hybridized carbons (Fsp3) is 0.385. The normalized spacial score (nSPS) is 21.9. The highest BCUT2D eigenvalue weighted by molar-refractivity contribution is 7.90. The van der Waals surface area contributed by atoms with E-state index in [-0.39, 0.29) is 16.7 Å². The van der Waals surface area contributed by atoms with Gasteiger partial charge in [-0.25, -0.2) is 13.4 Å². The van der Waals surface area contributed by atoms with Crippen molar-refractivity contribution in [2.24, 2.45) is 11.8 Å². The van der Waals surface area contributed by atoms with E-state index in [0.29, 0.717) is 16.6 Å². The summed E-state index contributed by atoms with van der Waals surface area (Å²) < 4.78 is 23.8. The van der Waals surface area contributed by atoms with Crippen LogP contribution in [0.4, 0.5) is 5.13 Å². The first-order valence-corrected chi connectivity index (χ1v) is 8.97. The van der Waals surface area contributed by atoms with Crippen LogP contribution in [-0.4, -0.2) is 25.6 Å². The van der Waals surface area contributed by atoms with Crippen LogP contribution in [0.1, 0.15) is 13.3 Å². The molecule has 106 valence electrons. The average Bonchev–Trinajstić information content (AvgIpc) is 2.95. The summed E-state index contributed by atoms with van der Waals surface area (Å²) in [5.41, 5.74) is 0.696. The second kappa shape index (κ2) is 4.53. The Balaban J connectivity index is 1.89. The lowest BCUT2D eigenvalue weighted by atomic mass is 10.3. The van der Waals surface area contributed by atoms with Crippen molar-refractivity contribution in [3.05, 3.63) is 18.2 Å². The van der Waals surface area contributed by atoms with Crippen molar-refractivity contribution < 1.29 is 13.2 Å². The van der Waals surface area contributed by atoms with Gasteiger partial charge in [0.25, 0.3) is 0 Å². The number of fused-ring (bicyclic) bond motifs is 1. The standard InChI is InChI=1S/C13H14N2O3S2/c1-7-5-9(7)12(16)15-13-14-10-4-3-8(20(2,17)18)6-11(10)19-13/h3-4,6-7,9H,5H2,1-2H3,(H,14,15,16)/t7-,9-/m0/s1. The maximum absolute atomic E-state index is 11.8. The molecule has 0 unspecified atom stereocenters. The third-order valence-corrected chi connectivity index (χ3v) is 5.51. The molecule has 2 atom stereocenters. The molecule has 3 rings (SSSR count). The Morgan fingerprint density at radius 1 is 1.45 bits per heavy atom. The molecule has 1 aromatic carbocycles. The Labute approximate surface area is 120 Å². The van der Waals surface area contributed by atoms with Gasteiger partial charge in [0.05, 0.1) is 15.1 Å². The minimum absolute atomic E-state index is 0.0000994. The molecule has 0 spiro atoms. The molecular weight excluding hydrogens is 296 g/mol. The highest BCUT2D eigenvalue weighted by Crippen LogP contribution is 2.39. The van der Waals surface area contributed by atoms with Crippen molar-refractivity contribution in [3.8, 4) is 0 Å². The first kappa shape index (κ1) is 13.5. The van der Waals surface area contributed by atoms with E-state index in [1.54, 1.807) is 12.1 Å². The monoisotopic (exact) mass is 310 g/mol. The smallest absolute Gasteiger partial charge is 0.229 e. The maximum Gasteiger partial charge on any atom is 0.229 e. The quantitative estimate of drug-likeness (QED) is 0.943. The summed E-state index contributed by atoms with van der Waals surface area (Å²) in [5, 5.41) is 3.32. The fourth-order valence-corrected chi connectivity index (χ4v) is 3.70. The third-order valence-electron chi connectivity index (χ3n) is 3.46. The Morgan fingerprint density at radius 2 is 2.15 bits per heavy atom. The zero-order valence-electron chi connectivity index (χ0n) is 11.1. The molecule has 1 amide bonds. The van der Waals surface area contributed by atoms with Crippen molar-refractivity contribution >= 4 is 42.4 Å². The molecular formula is C13H14N2O3S2. The van der Waals surface area contributed by atoms with Crippen molar-refractivity contribution in [1.29, 1.82) is 0 Å². The number of anilines is 1. The number of hydrogen-bond donors (Lipinski definition) is 1. The molecule has 1 heterocycles. The SMILES string of the molecule is C[C@H]1C[C@@H]1C(=O)Nc1nc2ccc(S(C)(=O)=O)cc2s1. The van der Waals surface area contributed by atoms with Crippen molar-refractivity contribution in [1.82, 2.24) is 4.98 Å². The Morgan fingerprint density at radius 3 is 2.75 bits per heavy atom. The second-order valence-corrected chi connectivity index (χ2v) is 8.28. The van der Waals surface area contributed by atoms with Gasteiger partial charge in [-0.3, -0.25) is 4.79 Å². The van der Waals surface area contributed by atoms with Crippen molar-refractivity contribution in [2.75, 3.05) is 11.6 Å². The van der Waals surface area contributed by atoms with Crippen LogP contribution in [0, 0.1) is 11.8 Å². The van der Waals surface area contributed by atoms with Crippen LogP contribution in [0.25, 0.3) is 10.2 Å². The molecule has 0 radical (unpaired) electrons. The summed E-state index contributed by atoms with van der Waals surface area (Å²) in [6.07, 6.45) is 2.10. The summed E-state index contributed by atoms with van der Waals surface area (Å²) in [4.78, 5) is 16.4. The van der Waals surface area contributed by atoms with Crippen LogP contribution in [-0.2, 0) is 14.6 Å². The molecule has 1 aliphatic carbocycles. The fourth-order valence-electron chi connectivity index (χ4n) is 2.07. The summed E-state index contributed by atoms with van der Waals surface area (Å²) in [6, 6.07) is 4.79. The van der Waals surface area contributed by atoms with Gasteiger partial charge in [-0.2, -0.15) is 0 Å². The predicted octanol–water partition coefficient (Wildman–Crippen LogP) is 2.29. The number of amides is 1. The average molecular weight is 310 g/mol. The summed E-state index contributed by atoms with van der Waals surface area (Å²) in [7, 11) is -3.23. The molecule has 1 aliphatic rings. The zero-order chi connectivity index (χ0) is 14.5. The van der Waals surface area contributed by atoms with Gasteiger partial charge < -0.3 is 5.32 Å². The Bertz CT molecular complexity index is 795. The van der Waals surface area contributed by atoms with Gasteiger partial charge >= 0.3 is 0 Å². The first-order chi connectivity index (χ1) is 9.34. The van der Waals surface area contributed by atoms with Crippen LogP contribution in [0.5, 0.6) is 0 Å². The number of rotatable bonds is 3. The molecule has 1 N–H and O–H groups in total. The topological polar surface area (TPSA) is 76.1 Å². The number of carbonyl (C=O) groups excluding carboxylic acids is 1. The number of aromatic nitrogens is 1. The predicted molar refractivity (Wildman–Crippen MR) is 78.6 cm³/mol. The molecule has 7 heteroatoms. The summed E-state index contributed by atoms with van der Waals surface area (Å²) >= 11 is 1.29. The van der Waals surface area contributed by atoms with E-state index in [0.717, 1.165) is 11.1 Å². The van der Waals surface area contributed by atoms with E-state index < -0.39 is 9.84 Å². The lowest BCUT2D eigenvalue weighted by molar-refractivity contribution is -0.117. The van der Waals surface area contributed by atoms with Gasteiger partial charge in [-0.1, -0.05) is 18.3 Å². The second-order valence-electron chi connectivity index (χ2n) is 5.23. The van der Waals surface area contributed by atoms with Gasteiger partial charge in [0.2, 0.25) is 5.91 Å². The minimum Gasteiger partial charge on any atom is -0.302 e. The maximum atomic E-state index is 11.8. The van der Waals surface area contributed by atoms with E-state index in [9.17, 15) is 13.2 Å². The zero-order valence-corrected chi connectivity index (χ0v) is 12.7. The highest BCUT2D eigenvalue weighted by atomic mass is 32.2. The van der Waals surface area contributed by atoms with E-state index in [4.69, 9.17) is 0 Å². The van der Waals surface area contributed by atoms with Gasteiger partial charge in [-0.05, 0) is 30.5 Å². The van der Waals surface area contributed by atoms with Crippen LogP contribution < -0.4 is 5.32 Å². The minimum atomic E-state index is -3.23. The lowest BCUT2D eigenvalue weighted by Crippen LogP contribution is -2.14. The van der Waals surface area contributed by atoms with Gasteiger partial charge in [-0.15, -0.1) is 0 Å². The number of thiazole rings is 1. The van der Waals surface area contributed by atoms with Crippen LogP contribution in [0.15, 0.2) is 23.1 Å². The molecule has 1 fully saturated rings. The number of benzene rings is 1. The molecule has 0 aliphatic heterocycles. The van der Waals surface area contributed by atoms with Gasteiger partial charge in [0.1, 0.15) is 0 Å². The molecule has 1 aromatic heterocycles. The van der Waals surface area contributed by atoms with E-state index >= 15 is 0 Å². The molecule has 0 bridgehead atoms. The third kappa shape index (κ3) is 2.55. The van der Waals surface area contributed by atoms with Crippen LogP contribution in [0.3, 0.4) is 0 Å². The first-order valence-electron chi connectivity index (χ1n) is 6.26. The number of hydrogen-bond acceptors (Lipinski definition) is 5. The summed E-state index contributed by atoms with van der Waals surface area (Å²) in [6.45, 7) is 2.04. The number of sulfone groups is 1. The largest absolute Gasteiger partial charge is 0.302 e. The van der Waals surface area contributed by atoms with E-state index in [1.807, 2.05) is 6.92 Å². The number of carbonyl (C=O) groups is 1. The molecule has 20 heavy (non-hydrogen) atoms. The van der Waals surface area contributed by atoms with Gasteiger partial charge in [0.15, 0.2) is 15.0 Å². The highest BCUT2D eigenvalue weighted by Gasteiger charge is 2.39. The molecule has 5 nitrogen and oxygen atoms in total. The Hall–Kier alpha value is -1.47. The Kier molecular flexibility index (Phi) is 3.06. The number of nitrogens with zero attached hydrogens (tertiary/aromatic N) is 1. The van der Waals surface area contributed by atoms with E-state index in [1.165, 1.54) is 23.7 Å². The molecule has 1 saturated carbocycles. The molecule has 2 aromatic rings. The van der Waals surface area contributed by atoms with Crippen LogP contribution in [0.2, 0.25) is 0 Å². The van der Waals surface area contributed by atoms with Crippen molar-refractivity contribution in [2.45, 2.75) is 18.2 Å². The van der Waals surface area contributed by atoms with E-state index in [2.05, 4.69) is 10.3 Å². The van der Waals surface area contributed by atoms with Crippen LogP contribution >= 0.6 is 11.3 Å². The van der Waals surface area contributed by atoms with Gasteiger partial charge in [0, 0.05) is 12.2 Å². The molecule has 0 saturated heterocycles. The number of nitrogens with one attached hydrogen (secondary N) is 1. The van der Waals surface area contributed by atoms with Crippen molar-refractivity contribution in [3.63, 3.8) is 0 Å². The summed E-state index contributed by atoms with van der Waals surface area (Å²) in [5.74, 6) is 0.537.